The first kappa shape index (κ1) is 15.2. The SMILES string of the molecule is CC(C)(C)NC(=O)NC(C(N)=S)C1CCCCC1. The highest BCUT2D eigenvalue weighted by Gasteiger charge is 2.28. The third-order valence-electron chi connectivity index (χ3n) is 3.20. The standard InChI is InChI=1S/C13H25N3OS/c1-13(2,3)16-12(17)15-10(11(14)18)9-7-5-4-6-8-9/h9-10H,4-8H2,1-3H3,(H2,14,18)(H2,15,16,17). The Hall–Kier alpha value is -0.840. The van der Waals surface area contributed by atoms with Crippen molar-refractivity contribution >= 4 is 23.2 Å². The Kier molecular flexibility index (Phi) is 5.38. The molecule has 18 heavy (non-hydrogen) atoms. The van der Waals surface area contributed by atoms with E-state index in [1.807, 2.05) is 20.8 Å². The molecule has 5 heteroatoms. The second kappa shape index (κ2) is 6.36. The van der Waals surface area contributed by atoms with Crippen molar-refractivity contribution in [2.45, 2.75) is 64.5 Å². The molecule has 1 atom stereocenters. The molecule has 1 saturated carbocycles. The molecule has 1 aliphatic rings. The van der Waals surface area contributed by atoms with E-state index in [1.54, 1.807) is 0 Å². The zero-order valence-corrected chi connectivity index (χ0v) is 12.4. The maximum atomic E-state index is 11.9. The fraction of sp³-hybridized carbons (Fsp3) is 0.846. The molecule has 0 aromatic heterocycles. The third kappa shape index (κ3) is 5.21. The molecule has 2 amide bonds. The summed E-state index contributed by atoms with van der Waals surface area (Å²) in [6, 6.07) is -0.367. The number of urea groups is 1. The lowest BCUT2D eigenvalue weighted by atomic mass is 9.84. The van der Waals surface area contributed by atoms with Crippen LogP contribution in [0.2, 0.25) is 0 Å². The minimum Gasteiger partial charge on any atom is -0.392 e. The zero-order valence-electron chi connectivity index (χ0n) is 11.6. The number of hydrogen-bond donors (Lipinski definition) is 3. The van der Waals surface area contributed by atoms with Gasteiger partial charge in [0.25, 0.3) is 0 Å². The number of thiocarbonyl (C=S) groups is 1. The smallest absolute Gasteiger partial charge is 0.315 e. The second-order valence-corrected chi connectivity index (χ2v) is 6.60. The molecule has 0 aromatic rings. The maximum absolute atomic E-state index is 11.9. The zero-order chi connectivity index (χ0) is 13.8. The maximum Gasteiger partial charge on any atom is 0.315 e. The quantitative estimate of drug-likeness (QED) is 0.690. The van der Waals surface area contributed by atoms with Crippen LogP contribution in [-0.2, 0) is 0 Å². The van der Waals surface area contributed by atoms with Gasteiger partial charge in [-0.2, -0.15) is 0 Å². The van der Waals surface area contributed by atoms with Crippen LogP contribution in [0, 0.1) is 5.92 Å². The number of rotatable bonds is 3. The molecular formula is C13H25N3OS. The van der Waals surface area contributed by atoms with E-state index >= 15 is 0 Å². The molecule has 4 nitrogen and oxygen atoms in total. The summed E-state index contributed by atoms with van der Waals surface area (Å²) in [6.07, 6.45) is 5.86. The summed E-state index contributed by atoms with van der Waals surface area (Å²) in [5.41, 5.74) is 5.52. The van der Waals surface area contributed by atoms with Crippen molar-refractivity contribution in [1.29, 1.82) is 0 Å². The van der Waals surface area contributed by atoms with Gasteiger partial charge in [0.2, 0.25) is 0 Å². The van der Waals surface area contributed by atoms with Gasteiger partial charge < -0.3 is 16.4 Å². The summed E-state index contributed by atoms with van der Waals surface area (Å²) in [5.74, 6) is 0.391. The van der Waals surface area contributed by atoms with Gasteiger partial charge in [0.15, 0.2) is 0 Å². The van der Waals surface area contributed by atoms with Crippen LogP contribution in [0.25, 0.3) is 0 Å². The molecule has 1 rings (SSSR count). The number of hydrogen-bond acceptors (Lipinski definition) is 2. The number of carbonyl (C=O) groups excluding carboxylic acids is 1. The Morgan fingerprint density at radius 3 is 2.28 bits per heavy atom. The van der Waals surface area contributed by atoms with Crippen molar-refractivity contribution in [3.05, 3.63) is 0 Å². The van der Waals surface area contributed by atoms with Crippen LogP contribution in [-0.4, -0.2) is 22.6 Å². The summed E-state index contributed by atoms with van der Waals surface area (Å²) in [7, 11) is 0. The Morgan fingerprint density at radius 1 is 1.28 bits per heavy atom. The van der Waals surface area contributed by atoms with Gasteiger partial charge >= 0.3 is 6.03 Å². The highest BCUT2D eigenvalue weighted by Crippen LogP contribution is 2.26. The number of nitrogens with two attached hydrogens (primary N) is 1. The molecule has 104 valence electrons. The highest BCUT2D eigenvalue weighted by atomic mass is 32.1. The van der Waals surface area contributed by atoms with Crippen LogP contribution >= 0.6 is 12.2 Å². The van der Waals surface area contributed by atoms with Crippen molar-refractivity contribution in [1.82, 2.24) is 10.6 Å². The van der Waals surface area contributed by atoms with Crippen molar-refractivity contribution in [3.63, 3.8) is 0 Å². The average molecular weight is 271 g/mol. The van der Waals surface area contributed by atoms with E-state index in [0.717, 1.165) is 12.8 Å². The first-order valence-electron chi connectivity index (χ1n) is 6.67. The van der Waals surface area contributed by atoms with E-state index in [-0.39, 0.29) is 17.6 Å². The minimum atomic E-state index is -0.253. The molecule has 0 spiro atoms. The van der Waals surface area contributed by atoms with Gasteiger partial charge in [-0.3, -0.25) is 0 Å². The van der Waals surface area contributed by atoms with Gasteiger partial charge in [0.05, 0.1) is 11.0 Å². The lowest BCUT2D eigenvalue weighted by molar-refractivity contribution is 0.223. The molecule has 1 aliphatic carbocycles. The molecule has 0 aliphatic heterocycles. The van der Waals surface area contributed by atoms with Crippen LogP contribution in [0.3, 0.4) is 0 Å². The summed E-state index contributed by atoms with van der Waals surface area (Å²) < 4.78 is 0. The van der Waals surface area contributed by atoms with Crippen LogP contribution in [0.1, 0.15) is 52.9 Å². The molecule has 0 aromatic carbocycles. The van der Waals surface area contributed by atoms with Gasteiger partial charge in [0.1, 0.15) is 0 Å². The van der Waals surface area contributed by atoms with E-state index in [9.17, 15) is 4.79 Å². The van der Waals surface area contributed by atoms with Crippen LogP contribution in [0.4, 0.5) is 4.79 Å². The second-order valence-electron chi connectivity index (χ2n) is 6.13. The van der Waals surface area contributed by atoms with E-state index in [0.29, 0.717) is 10.9 Å². The van der Waals surface area contributed by atoms with Gasteiger partial charge in [-0.25, -0.2) is 4.79 Å². The molecule has 1 fully saturated rings. The predicted molar refractivity (Wildman–Crippen MR) is 78.6 cm³/mol. The van der Waals surface area contributed by atoms with Gasteiger partial charge in [-0.1, -0.05) is 31.5 Å². The Morgan fingerprint density at radius 2 is 1.83 bits per heavy atom. The minimum absolute atomic E-state index is 0.178. The number of carbonyl (C=O) groups is 1. The Balaban J connectivity index is 2.57. The average Bonchev–Trinajstić information content (AvgIpc) is 2.24. The first-order chi connectivity index (χ1) is 8.29. The first-order valence-corrected chi connectivity index (χ1v) is 7.08. The van der Waals surface area contributed by atoms with Crippen molar-refractivity contribution in [3.8, 4) is 0 Å². The monoisotopic (exact) mass is 271 g/mol. The van der Waals surface area contributed by atoms with Crippen molar-refractivity contribution in [2.75, 3.05) is 0 Å². The molecule has 0 radical (unpaired) electrons. The third-order valence-corrected chi connectivity index (χ3v) is 3.46. The van der Waals surface area contributed by atoms with Crippen LogP contribution < -0.4 is 16.4 Å². The Bertz CT molecular complexity index is 306. The number of amides is 2. The van der Waals surface area contributed by atoms with Crippen LogP contribution in [0.15, 0.2) is 0 Å². The van der Waals surface area contributed by atoms with E-state index in [2.05, 4.69) is 10.6 Å². The summed E-state index contributed by atoms with van der Waals surface area (Å²) in [4.78, 5) is 12.3. The summed E-state index contributed by atoms with van der Waals surface area (Å²) in [5, 5.41) is 5.80. The summed E-state index contributed by atoms with van der Waals surface area (Å²) >= 11 is 5.09. The normalized spacial score (nSPS) is 19.1. The van der Waals surface area contributed by atoms with Crippen LogP contribution in [0.5, 0.6) is 0 Å². The van der Waals surface area contributed by atoms with Gasteiger partial charge in [-0.15, -0.1) is 0 Å². The van der Waals surface area contributed by atoms with E-state index < -0.39 is 0 Å². The van der Waals surface area contributed by atoms with E-state index in [4.69, 9.17) is 18.0 Å². The Labute approximate surface area is 115 Å². The fourth-order valence-electron chi connectivity index (χ4n) is 2.41. The molecular weight excluding hydrogens is 246 g/mol. The largest absolute Gasteiger partial charge is 0.392 e. The molecule has 0 saturated heterocycles. The van der Waals surface area contributed by atoms with Crippen molar-refractivity contribution < 1.29 is 4.79 Å². The van der Waals surface area contributed by atoms with Gasteiger partial charge in [0, 0.05) is 5.54 Å². The fourth-order valence-corrected chi connectivity index (χ4v) is 2.66. The van der Waals surface area contributed by atoms with Crippen molar-refractivity contribution in [2.24, 2.45) is 11.7 Å². The predicted octanol–water partition coefficient (Wildman–Crippen LogP) is 2.32. The molecule has 0 heterocycles. The lowest BCUT2D eigenvalue weighted by Crippen LogP contribution is -2.55. The highest BCUT2D eigenvalue weighted by molar-refractivity contribution is 7.80. The topological polar surface area (TPSA) is 67.2 Å². The lowest BCUT2D eigenvalue weighted by Gasteiger charge is -2.31. The molecule has 0 bridgehead atoms. The molecule has 4 N–H and O–H groups in total. The van der Waals surface area contributed by atoms with Gasteiger partial charge in [-0.05, 0) is 39.5 Å². The summed E-state index contributed by atoms with van der Waals surface area (Å²) in [6.45, 7) is 5.84. The number of nitrogens with one attached hydrogen (secondary N) is 2. The van der Waals surface area contributed by atoms with E-state index in [1.165, 1.54) is 19.3 Å². The molecule has 1 unspecified atom stereocenters.